The topological polar surface area (TPSA) is 89.6 Å². The molecule has 1 aromatic carbocycles. The Morgan fingerprint density at radius 1 is 1.22 bits per heavy atom. The molecule has 3 aromatic heterocycles. The van der Waals surface area contributed by atoms with E-state index in [1.807, 2.05) is 0 Å². The van der Waals surface area contributed by atoms with Gasteiger partial charge in [0.2, 0.25) is 0 Å². The molecule has 10 heteroatoms. The largest absolute Gasteiger partial charge is 0.364 e. The first kappa shape index (κ1) is 17.1. The first-order valence-electron chi connectivity index (χ1n) is 7.69. The predicted octanol–water partition coefficient (Wildman–Crippen LogP) is 3.27. The minimum absolute atomic E-state index is 0.0586. The summed E-state index contributed by atoms with van der Waals surface area (Å²) in [6, 6.07) is 7.09. The molecule has 0 bridgehead atoms. The second-order valence-electron chi connectivity index (χ2n) is 5.58. The van der Waals surface area contributed by atoms with Gasteiger partial charge in [-0.3, -0.25) is 9.48 Å². The van der Waals surface area contributed by atoms with Crippen LogP contribution >= 0.6 is 11.6 Å². The van der Waals surface area contributed by atoms with Gasteiger partial charge in [0.15, 0.2) is 17.5 Å². The van der Waals surface area contributed by atoms with Crippen LogP contribution in [0.25, 0.3) is 22.9 Å². The lowest BCUT2D eigenvalue weighted by atomic mass is 10.2. The normalized spacial score (nSPS) is 11.1. The minimum Gasteiger partial charge on any atom is -0.364 e. The van der Waals surface area contributed by atoms with E-state index in [0.717, 1.165) is 6.07 Å². The van der Waals surface area contributed by atoms with Crippen molar-refractivity contribution in [2.75, 3.05) is 0 Å². The number of nitrogens with zero attached hydrogens (tertiary/aromatic N) is 4. The molecule has 4 rings (SSSR count). The molecule has 0 atom stereocenters. The molecule has 1 N–H and O–H groups in total. The van der Waals surface area contributed by atoms with E-state index < -0.39 is 17.2 Å². The summed E-state index contributed by atoms with van der Waals surface area (Å²) in [7, 11) is 0. The number of H-pyrrole nitrogens is 1. The van der Waals surface area contributed by atoms with Crippen LogP contribution in [0.15, 0.2) is 52.1 Å². The van der Waals surface area contributed by atoms with Crippen molar-refractivity contribution in [3.8, 4) is 22.9 Å². The van der Waals surface area contributed by atoms with Gasteiger partial charge in [0, 0.05) is 11.6 Å². The Morgan fingerprint density at radius 3 is 2.81 bits per heavy atom. The summed E-state index contributed by atoms with van der Waals surface area (Å²) >= 11 is 5.69. The van der Waals surface area contributed by atoms with E-state index in [2.05, 4.69) is 20.2 Å². The van der Waals surface area contributed by atoms with Gasteiger partial charge in [0.05, 0.1) is 18.4 Å². The Hall–Kier alpha value is -3.33. The Labute approximate surface area is 155 Å². The molecule has 0 unspecified atom stereocenters. The summed E-state index contributed by atoms with van der Waals surface area (Å²) in [6.45, 7) is -0.0659. The van der Waals surface area contributed by atoms with Crippen LogP contribution < -0.4 is 5.56 Å². The van der Waals surface area contributed by atoms with Crippen LogP contribution in [0.2, 0.25) is 5.02 Å². The molecule has 3 heterocycles. The zero-order chi connectivity index (χ0) is 19.0. The van der Waals surface area contributed by atoms with E-state index in [-0.39, 0.29) is 23.0 Å². The minimum atomic E-state index is -0.960. The number of hydrogen-bond donors (Lipinski definition) is 1. The fraction of sp³-hybridized carbons (Fsp3) is 0.0588. The van der Waals surface area contributed by atoms with Crippen LogP contribution in [0.5, 0.6) is 0 Å². The van der Waals surface area contributed by atoms with E-state index in [0.29, 0.717) is 17.1 Å². The van der Waals surface area contributed by atoms with Gasteiger partial charge in [0.25, 0.3) is 5.56 Å². The van der Waals surface area contributed by atoms with Crippen LogP contribution in [0, 0.1) is 11.6 Å². The zero-order valence-electron chi connectivity index (χ0n) is 13.5. The van der Waals surface area contributed by atoms with Crippen molar-refractivity contribution in [2.45, 2.75) is 6.54 Å². The molecule has 0 amide bonds. The SMILES string of the molecule is O=c1[nH]c(-c2cc(-c3ccon3)n(Cc3cccc(F)c3F)n2)ncc1Cl. The predicted molar refractivity (Wildman–Crippen MR) is 92.0 cm³/mol. The summed E-state index contributed by atoms with van der Waals surface area (Å²) in [4.78, 5) is 18.3. The van der Waals surface area contributed by atoms with Crippen LogP contribution in [-0.4, -0.2) is 24.9 Å². The lowest BCUT2D eigenvalue weighted by Gasteiger charge is -2.07. The highest BCUT2D eigenvalue weighted by molar-refractivity contribution is 6.30. The van der Waals surface area contributed by atoms with Crippen molar-refractivity contribution < 1.29 is 13.3 Å². The molecular formula is C17H10ClF2N5O2. The van der Waals surface area contributed by atoms with Crippen molar-refractivity contribution in [3.63, 3.8) is 0 Å². The fourth-order valence-electron chi connectivity index (χ4n) is 2.55. The Balaban J connectivity index is 1.82. The Morgan fingerprint density at radius 2 is 2.07 bits per heavy atom. The first-order chi connectivity index (χ1) is 13.0. The highest BCUT2D eigenvalue weighted by Crippen LogP contribution is 2.25. The zero-order valence-corrected chi connectivity index (χ0v) is 14.2. The van der Waals surface area contributed by atoms with Crippen LogP contribution in [0.1, 0.15) is 5.56 Å². The summed E-state index contributed by atoms with van der Waals surface area (Å²) in [6.07, 6.45) is 2.58. The van der Waals surface area contributed by atoms with E-state index in [4.69, 9.17) is 16.1 Å². The third-order valence-corrected chi connectivity index (χ3v) is 4.10. The standard InChI is InChI=1S/C17H10ClF2N5O2/c18-10-7-21-16(22-17(10)26)13-6-14(12-4-5-27-24-12)25(23-13)8-9-2-1-3-11(19)15(9)20/h1-7H,8H2,(H,21,22,26). The van der Waals surface area contributed by atoms with Crippen LogP contribution in [0.3, 0.4) is 0 Å². The van der Waals surface area contributed by atoms with Crippen LogP contribution in [-0.2, 0) is 6.54 Å². The first-order valence-corrected chi connectivity index (χ1v) is 8.07. The molecule has 0 radical (unpaired) electrons. The second-order valence-corrected chi connectivity index (χ2v) is 5.99. The molecule has 7 nitrogen and oxygen atoms in total. The molecule has 0 aliphatic carbocycles. The number of halogens is 3. The maximum Gasteiger partial charge on any atom is 0.269 e. The van der Waals surface area contributed by atoms with Gasteiger partial charge in [-0.15, -0.1) is 0 Å². The highest BCUT2D eigenvalue weighted by atomic mass is 35.5. The van der Waals surface area contributed by atoms with Gasteiger partial charge in [-0.1, -0.05) is 28.9 Å². The van der Waals surface area contributed by atoms with E-state index in [1.54, 1.807) is 12.1 Å². The van der Waals surface area contributed by atoms with Gasteiger partial charge in [0.1, 0.15) is 22.7 Å². The lowest BCUT2D eigenvalue weighted by Crippen LogP contribution is -2.09. The number of aromatic nitrogens is 5. The summed E-state index contributed by atoms with van der Waals surface area (Å²) < 4.78 is 33.8. The maximum atomic E-state index is 14.1. The molecule has 136 valence electrons. The van der Waals surface area contributed by atoms with Crippen LogP contribution in [0.4, 0.5) is 8.78 Å². The molecule has 27 heavy (non-hydrogen) atoms. The van der Waals surface area contributed by atoms with Gasteiger partial charge < -0.3 is 9.51 Å². The average Bonchev–Trinajstić information content (AvgIpc) is 3.31. The van der Waals surface area contributed by atoms with Crippen molar-refractivity contribution in [2.24, 2.45) is 0 Å². The summed E-state index contributed by atoms with van der Waals surface area (Å²) in [5.41, 5.74) is 0.794. The summed E-state index contributed by atoms with van der Waals surface area (Å²) in [5, 5.41) is 8.14. The number of benzene rings is 1. The molecular weight excluding hydrogens is 380 g/mol. The van der Waals surface area contributed by atoms with Gasteiger partial charge in [-0.2, -0.15) is 5.10 Å². The third-order valence-electron chi connectivity index (χ3n) is 3.83. The number of aromatic amines is 1. The highest BCUT2D eigenvalue weighted by Gasteiger charge is 2.17. The van der Waals surface area contributed by atoms with E-state index in [1.165, 1.54) is 29.3 Å². The van der Waals surface area contributed by atoms with Crippen molar-refractivity contribution in [1.29, 1.82) is 0 Å². The lowest BCUT2D eigenvalue weighted by molar-refractivity contribution is 0.421. The molecule has 0 aliphatic heterocycles. The molecule has 0 saturated carbocycles. The average molecular weight is 390 g/mol. The Bertz CT molecular complexity index is 1170. The van der Waals surface area contributed by atoms with Crippen molar-refractivity contribution >= 4 is 11.6 Å². The molecule has 4 aromatic rings. The van der Waals surface area contributed by atoms with Crippen molar-refractivity contribution in [3.05, 3.63) is 75.4 Å². The number of nitrogens with one attached hydrogen (secondary N) is 1. The third kappa shape index (κ3) is 3.24. The van der Waals surface area contributed by atoms with Gasteiger partial charge in [-0.25, -0.2) is 13.8 Å². The number of rotatable bonds is 4. The van der Waals surface area contributed by atoms with Gasteiger partial charge >= 0.3 is 0 Å². The fourth-order valence-corrected chi connectivity index (χ4v) is 2.64. The molecule has 0 saturated heterocycles. The number of hydrogen-bond acceptors (Lipinski definition) is 5. The van der Waals surface area contributed by atoms with E-state index in [9.17, 15) is 13.6 Å². The molecule has 0 fully saturated rings. The van der Waals surface area contributed by atoms with Crippen molar-refractivity contribution in [1.82, 2.24) is 24.9 Å². The Kier molecular flexibility index (Phi) is 4.28. The van der Waals surface area contributed by atoms with E-state index >= 15 is 0 Å². The summed E-state index contributed by atoms with van der Waals surface area (Å²) in [5.74, 6) is -1.74. The monoisotopic (exact) mass is 389 g/mol. The maximum absolute atomic E-state index is 14.1. The van der Waals surface area contributed by atoms with Gasteiger partial charge in [-0.05, 0) is 12.1 Å². The molecule has 0 aliphatic rings. The second kappa shape index (κ2) is 6.76. The molecule has 0 spiro atoms. The smallest absolute Gasteiger partial charge is 0.269 e. The quantitative estimate of drug-likeness (QED) is 0.578.